The molecule has 3 N–H and O–H groups in total. The van der Waals surface area contributed by atoms with E-state index in [1.807, 2.05) is 44.1 Å². The van der Waals surface area contributed by atoms with Crippen molar-refractivity contribution in [2.75, 3.05) is 40.2 Å². The summed E-state index contributed by atoms with van der Waals surface area (Å²) in [6.45, 7) is 3.36. The second kappa shape index (κ2) is 7.98. The number of amides is 1. The summed E-state index contributed by atoms with van der Waals surface area (Å²) in [6.07, 6.45) is 1.06. The van der Waals surface area contributed by atoms with Crippen molar-refractivity contribution in [3.05, 3.63) is 40.0 Å². The minimum atomic E-state index is -1.50. The molecule has 1 fully saturated rings. The van der Waals surface area contributed by atoms with Crippen LogP contribution >= 0.6 is 0 Å². The number of aliphatic hydroxyl groups excluding tert-OH is 1. The molecule has 8 heteroatoms. The Balaban J connectivity index is 1.98. The Bertz CT molecular complexity index is 1180. The Morgan fingerprint density at radius 1 is 1.18 bits per heavy atom. The fourth-order valence-electron chi connectivity index (χ4n) is 6.49. The first-order valence-electron chi connectivity index (χ1n) is 11.4. The van der Waals surface area contributed by atoms with E-state index in [9.17, 15) is 19.5 Å². The van der Waals surface area contributed by atoms with E-state index in [0.29, 0.717) is 29.7 Å². The molecule has 3 aliphatic rings. The van der Waals surface area contributed by atoms with Gasteiger partial charge in [-0.2, -0.15) is 0 Å². The molecule has 4 atom stereocenters. The van der Waals surface area contributed by atoms with Gasteiger partial charge in [-0.15, -0.1) is 0 Å². The number of allylic oxidation sites excluding steroid dienone is 1. The molecular weight excluding hydrogens is 434 g/mol. The van der Waals surface area contributed by atoms with E-state index in [4.69, 9.17) is 10.5 Å². The number of carbonyl (C=O) groups is 3. The predicted octanol–water partition coefficient (Wildman–Crippen LogP) is 2.11. The zero-order valence-corrected chi connectivity index (χ0v) is 20.9. The Morgan fingerprint density at radius 2 is 1.82 bits per heavy atom. The third-order valence-corrected chi connectivity index (χ3v) is 8.02. The molecule has 0 bridgehead atoms. The highest BCUT2D eigenvalue weighted by molar-refractivity contribution is 6.31. The van der Waals surface area contributed by atoms with Crippen LogP contribution in [-0.4, -0.2) is 68.8 Å². The van der Waals surface area contributed by atoms with Gasteiger partial charge in [0.15, 0.2) is 11.6 Å². The number of aliphatic hydroxyl groups is 1. The van der Waals surface area contributed by atoms with Gasteiger partial charge < -0.3 is 25.4 Å². The summed E-state index contributed by atoms with van der Waals surface area (Å²) >= 11 is 0. The number of anilines is 1. The van der Waals surface area contributed by atoms with Crippen molar-refractivity contribution in [3.63, 3.8) is 0 Å². The summed E-state index contributed by atoms with van der Waals surface area (Å²) in [7, 11) is 9.14. The van der Waals surface area contributed by atoms with E-state index in [0.717, 1.165) is 11.3 Å². The summed E-state index contributed by atoms with van der Waals surface area (Å²) < 4.78 is 5.53. The molecule has 0 unspecified atom stereocenters. The number of benzene rings is 1. The van der Waals surface area contributed by atoms with Gasteiger partial charge in [-0.05, 0) is 75.9 Å². The number of nitrogens with two attached hydrogens (primary N) is 1. The zero-order valence-electron chi connectivity index (χ0n) is 20.9. The molecule has 0 aromatic heterocycles. The van der Waals surface area contributed by atoms with E-state index in [-0.39, 0.29) is 34.8 Å². The molecule has 1 amide bonds. The molecule has 182 valence electrons. The molecule has 0 saturated heterocycles. The third kappa shape index (κ3) is 3.04. The van der Waals surface area contributed by atoms with Gasteiger partial charge in [-0.25, -0.2) is 0 Å². The summed E-state index contributed by atoms with van der Waals surface area (Å²) in [4.78, 5) is 44.0. The second-order valence-corrected chi connectivity index (χ2v) is 10.2. The summed E-state index contributed by atoms with van der Waals surface area (Å²) in [5.41, 5.74) is 7.20. The first-order chi connectivity index (χ1) is 15.9. The fourth-order valence-corrected chi connectivity index (χ4v) is 6.49. The SMILES string of the molecule is COc1ccc(N(C)C)c2c1C(O)=C1C(=O)[C@]3(C)C(=O)C(C(N)=O)=C(C)[C@@H](N(C)C)[C@@H]3C[C@@H]1C2. The maximum absolute atomic E-state index is 14.1. The van der Waals surface area contributed by atoms with Gasteiger partial charge in [-0.3, -0.25) is 14.4 Å². The quantitative estimate of drug-likeness (QED) is 0.515. The van der Waals surface area contributed by atoms with E-state index in [1.54, 1.807) is 19.9 Å². The van der Waals surface area contributed by atoms with Crippen LogP contribution in [0.1, 0.15) is 31.4 Å². The number of Topliss-reactive ketones (excluding diaryl/α,β-unsaturated/α-hetero) is 2. The number of methoxy groups -OCH3 is 1. The lowest BCUT2D eigenvalue weighted by atomic mass is 9.51. The number of rotatable bonds is 4. The molecule has 0 radical (unpaired) electrons. The number of carbonyl (C=O) groups excluding carboxylic acids is 3. The lowest BCUT2D eigenvalue weighted by molar-refractivity contribution is -0.145. The van der Waals surface area contributed by atoms with Crippen LogP contribution < -0.4 is 15.4 Å². The van der Waals surface area contributed by atoms with Gasteiger partial charge in [0.05, 0.1) is 23.7 Å². The maximum Gasteiger partial charge on any atom is 0.252 e. The summed E-state index contributed by atoms with van der Waals surface area (Å²) in [5, 5.41) is 11.5. The molecule has 8 nitrogen and oxygen atoms in total. The van der Waals surface area contributed by atoms with E-state index >= 15 is 0 Å². The van der Waals surface area contributed by atoms with Crippen LogP contribution in [0.15, 0.2) is 28.9 Å². The predicted molar refractivity (Wildman–Crippen MR) is 130 cm³/mol. The van der Waals surface area contributed by atoms with Crippen LogP contribution in [-0.2, 0) is 20.8 Å². The highest BCUT2D eigenvalue weighted by Gasteiger charge is 2.62. The number of likely N-dealkylation sites (N-methyl/N-ethyl adjacent to an activating group) is 1. The normalized spacial score (nSPS) is 28.5. The molecule has 0 spiro atoms. The van der Waals surface area contributed by atoms with Gasteiger partial charge in [0.25, 0.3) is 5.91 Å². The number of ether oxygens (including phenoxy) is 1. The van der Waals surface area contributed by atoms with Crippen molar-refractivity contribution >= 4 is 28.9 Å². The average Bonchev–Trinajstić information content (AvgIpc) is 2.74. The van der Waals surface area contributed by atoms with Gasteiger partial charge in [0.2, 0.25) is 0 Å². The molecule has 3 aliphatic carbocycles. The van der Waals surface area contributed by atoms with Crippen molar-refractivity contribution in [3.8, 4) is 5.75 Å². The number of fused-ring (bicyclic) bond motifs is 3. The van der Waals surface area contributed by atoms with Crippen molar-refractivity contribution in [2.24, 2.45) is 23.0 Å². The Hall–Kier alpha value is -3.13. The van der Waals surface area contributed by atoms with Gasteiger partial charge in [-0.1, -0.05) is 0 Å². The number of ketones is 2. The molecule has 4 rings (SSSR count). The van der Waals surface area contributed by atoms with Gasteiger partial charge >= 0.3 is 0 Å². The van der Waals surface area contributed by atoms with Crippen LogP contribution in [0.3, 0.4) is 0 Å². The molecule has 1 aromatic rings. The van der Waals surface area contributed by atoms with Crippen LogP contribution in [0.5, 0.6) is 5.75 Å². The lowest BCUT2D eigenvalue weighted by Crippen LogP contribution is -2.61. The average molecular weight is 468 g/mol. The number of nitrogens with zero attached hydrogens (tertiary/aromatic N) is 2. The fraction of sp³-hybridized carbons (Fsp3) is 0.500. The molecule has 0 aliphatic heterocycles. The largest absolute Gasteiger partial charge is 0.507 e. The summed E-state index contributed by atoms with van der Waals surface area (Å²) in [5.74, 6) is -2.10. The molecule has 0 heterocycles. The Morgan fingerprint density at radius 3 is 2.35 bits per heavy atom. The van der Waals surface area contributed by atoms with Crippen LogP contribution in [0.4, 0.5) is 5.69 Å². The smallest absolute Gasteiger partial charge is 0.252 e. The van der Waals surface area contributed by atoms with E-state index < -0.39 is 22.9 Å². The van der Waals surface area contributed by atoms with Crippen molar-refractivity contribution in [1.82, 2.24) is 4.90 Å². The number of hydrogen-bond donors (Lipinski definition) is 2. The van der Waals surface area contributed by atoms with Crippen LogP contribution in [0.2, 0.25) is 0 Å². The number of primary amides is 1. The highest BCUT2D eigenvalue weighted by atomic mass is 16.5. The molecule has 1 aromatic carbocycles. The minimum Gasteiger partial charge on any atom is -0.507 e. The molecular formula is C26H33N3O5. The van der Waals surface area contributed by atoms with Crippen LogP contribution in [0, 0.1) is 17.3 Å². The van der Waals surface area contributed by atoms with Crippen molar-refractivity contribution in [2.45, 2.75) is 32.7 Å². The van der Waals surface area contributed by atoms with E-state index in [2.05, 4.69) is 0 Å². The topological polar surface area (TPSA) is 113 Å². The molecule has 34 heavy (non-hydrogen) atoms. The summed E-state index contributed by atoms with van der Waals surface area (Å²) in [6, 6.07) is 3.41. The number of hydrogen-bond acceptors (Lipinski definition) is 7. The van der Waals surface area contributed by atoms with E-state index in [1.165, 1.54) is 7.11 Å². The van der Waals surface area contributed by atoms with Gasteiger partial charge in [0.1, 0.15) is 11.5 Å². The zero-order chi connectivity index (χ0) is 25.3. The monoisotopic (exact) mass is 467 g/mol. The minimum absolute atomic E-state index is 0.104. The Kier molecular flexibility index (Phi) is 5.63. The maximum atomic E-state index is 14.1. The standard InChI is InChI=1S/C26H33N3O5/c1-12-18(25(27)33)23(31)26(2)15(21(12)29(5)6)11-13-10-14-16(28(3)4)8-9-17(34-7)20(14)22(30)19(13)24(26)32/h8-9,13,15,21,30H,10-11H2,1-7H3,(H2,27,33)/t13-,15-,21+,26-/m0/s1. The van der Waals surface area contributed by atoms with Crippen LogP contribution in [0.25, 0.3) is 5.76 Å². The van der Waals surface area contributed by atoms with Crippen molar-refractivity contribution < 1.29 is 24.2 Å². The third-order valence-electron chi connectivity index (χ3n) is 8.02. The molecule has 1 saturated carbocycles. The highest BCUT2D eigenvalue weighted by Crippen LogP contribution is 2.56. The second-order valence-electron chi connectivity index (χ2n) is 10.2. The first kappa shape index (κ1) is 24.0. The lowest BCUT2D eigenvalue weighted by Gasteiger charge is -2.52. The van der Waals surface area contributed by atoms with Crippen molar-refractivity contribution in [1.29, 1.82) is 0 Å². The van der Waals surface area contributed by atoms with Gasteiger partial charge in [0, 0.05) is 31.4 Å². The first-order valence-corrected chi connectivity index (χ1v) is 11.4. The Labute approximate surface area is 200 Å².